The number of nitrogens with zero attached hydrogens (tertiary/aromatic N) is 2. The van der Waals surface area contributed by atoms with E-state index in [1.807, 2.05) is 12.1 Å². The molecule has 5 nitrogen and oxygen atoms in total. The van der Waals surface area contributed by atoms with E-state index in [0.717, 1.165) is 24.1 Å². The van der Waals surface area contributed by atoms with Gasteiger partial charge in [-0.2, -0.15) is 0 Å². The molecule has 0 fully saturated rings. The van der Waals surface area contributed by atoms with Crippen molar-refractivity contribution in [3.8, 4) is 11.6 Å². The van der Waals surface area contributed by atoms with Crippen LogP contribution in [0, 0.1) is 5.82 Å². The molecule has 0 bridgehead atoms. The molecular weight excluding hydrogens is 482 g/mol. The quantitative estimate of drug-likeness (QED) is 0.290. The van der Waals surface area contributed by atoms with Gasteiger partial charge in [0.2, 0.25) is 5.88 Å². The summed E-state index contributed by atoms with van der Waals surface area (Å²) in [6, 6.07) is 15.8. The third-order valence-electron chi connectivity index (χ3n) is 4.64. The molecule has 1 aromatic heterocycles. The molecule has 3 N–H and O–H groups in total. The van der Waals surface area contributed by atoms with E-state index in [9.17, 15) is 4.39 Å². The van der Waals surface area contributed by atoms with Crippen molar-refractivity contribution in [1.82, 2.24) is 4.98 Å². The molecular formula is C22H22FIN4O. The number of nitrogens with two attached hydrogens (primary N) is 1. The number of nitrogens with one attached hydrogen (secondary N) is 1. The van der Waals surface area contributed by atoms with E-state index in [4.69, 9.17) is 10.5 Å². The molecule has 4 rings (SSSR count). The van der Waals surface area contributed by atoms with E-state index < -0.39 is 0 Å². The van der Waals surface area contributed by atoms with Gasteiger partial charge in [0.15, 0.2) is 5.96 Å². The summed E-state index contributed by atoms with van der Waals surface area (Å²) in [5.41, 5.74) is 10.7. The molecule has 0 radical (unpaired) electrons. The molecule has 0 atom stereocenters. The Morgan fingerprint density at radius 3 is 2.62 bits per heavy atom. The first-order valence-corrected chi connectivity index (χ1v) is 9.23. The zero-order valence-electron chi connectivity index (χ0n) is 15.8. The minimum absolute atomic E-state index is 0. The first kappa shape index (κ1) is 21.0. The molecule has 1 heterocycles. The minimum Gasteiger partial charge on any atom is -0.439 e. The maximum atomic E-state index is 12.9. The Bertz CT molecular complexity index is 991. The molecule has 150 valence electrons. The number of pyridine rings is 1. The van der Waals surface area contributed by atoms with E-state index >= 15 is 0 Å². The van der Waals surface area contributed by atoms with Crippen LogP contribution in [-0.2, 0) is 19.4 Å². The van der Waals surface area contributed by atoms with Crippen LogP contribution in [0.2, 0.25) is 0 Å². The molecule has 0 amide bonds. The summed E-state index contributed by atoms with van der Waals surface area (Å²) in [6.45, 7) is 0.410. The van der Waals surface area contributed by atoms with Crippen LogP contribution in [0.5, 0.6) is 11.6 Å². The molecule has 0 aliphatic heterocycles. The van der Waals surface area contributed by atoms with Crippen molar-refractivity contribution in [1.29, 1.82) is 0 Å². The highest BCUT2D eigenvalue weighted by Crippen LogP contribution is 2.25. The highest BCUT2D eigenvalue weighted by atomic mass is 127. The fraction of sp³-hybridized carbons (Fsp3) is 0.182. The second-order valence-electron chi connectivity index (χ2n) is 6.72. The number of hydrogen-bond acceptors (Lipinski definition) is 3. The lowest BCUT2D eigenvalue weighted by Gasteiger charge is -2.08. The number of ether oxygens (including phenoxy) is 1. The van der Waals surface area contributed by atoms with Crippen molar-refractivity contribution in [2.24, 2.45) is 10.7 Å². The molecule has 1 aliphatic carbocycles. The van der Waals surface area contributed by atoms with Gasteiger partial charge in [-0.3, -0.25) is 0 Å². The summed E-state index contributed by atoms with van der Waals surface area (Å²) in [5, 5.41) is 3.14. The lowest BCUT2D eigenvalue weighted by molar-refractivity contribution is 0.461. The van der Waals surface area contributed by atoms with Gasteiger partial charge in [-0.15, -0.1) is 24.0 Å². The fourth-order valence-corrected chi connectivity index (χ4v) is 3.20. The normalized spacial score (nSPS) is 12.8. The number of rotatable bonds is 5. The smallest absolute Gasteiger partial charge is 0.219 e. The Morgan fingerprint density at radius 2 is 1.86 bits per heavy atom. The summed E-state index contributed by atoms with van der Waals surface area (Å²) in [7, 11) is 0. The van der Waals surface area contributed by atoms with Crippen molar-refractivity contribution >= 4 is 35.6 Å². The van der Waals surface area contributed by atoms with Gasteiger partial charge in [0.05, 0.1) is 6.54 Å². The second-order valence-corrected chi connectivity index (χ2v) is 6.72. The van der Waals surface area contributed by atoms with Crippen molar-refractivity contribution in [2.45, 2.75) is 25.8 Å². The first-order valence-electron chi connectivity index (χ1n) is 9.23. The molecule has 0 saturated carbocycles. The Morgan fingerprint density at radius 1 is 1.07 bits per heavy atom. The summed E-state index contributed by atoms with van der Waals surface area (Å²) >= 11 is 0. The van der Waals surface area contributed by atoms with Crippen molar-refractivity contribution in [3.05, 3.63) is 83.3 Å². The minimum atomic E-state index is -0.306. The van der Waals surface area contributed by atoms with E-state index in [1.165, 1.54) is 29.7 Å². The Hall–Kier alpha value is -2.68. The highest BCUT2D eigenvalue weighted by molar-refractivity contribution is 14.0. The predicted molar refractivity (Wildman–Crippen MR) is 124 cm³/mol. The molecule has 0 unspecified atom stereocenters. The van der Waals surface area contributed by atoms with Crippen LogP contribution < -0.4 is 15.8 Å². The van der Waals surface area contributed by atoms with Crippen LogP contribution in [0.15, 0.2) is 65.8 Å². The lowest BCUT2D eigenvalue weighted by Crippen LogP contribution is -2.22. The van der Waals surface area contributed by atoms with Gasteiger partial charge in [-0.25, -0.2) is 14.4 Å². The van der Waals surface area contributed by atoms with Gasteiger partial charge in [-0.05, 0) is 72.4 Å². The standard InChI is InChI=1S/C22H21FN4O.HI/c23-18-6-9-20(10-7-18)28-21-11-4-15(13-25-21)14-26-22(24)27-19-8-5-16-2-1-3-17(16)12-19;/h4-13H,1-3,14H2,(H3,24,26,27);1H. The van der Waals surface area contributed by atoms with Gasteiger partial charge in [0, 0.05) is 18.0 Å². The van der Waals surface area contributed by atoms with Crippen LogP contribution in [0.25, 0.3) is 0 Å². The van der Waals surface area contributed by atoms with Crippen molar-refractivity contribution in [2.75, 3.05) is 5.32 Å². The van der Waals surface area contributed by atoms with E-state index in [0.29, 0.717) is 24.1 Å². The monoisotopic (exact) mass is 504 g/mol. The Balaban J connectivity index is 0.00000240. The summed E-state index contributed by atoms with van der Waals surface area (Å²) in [6.07, 6.45) is 5.19. The SMILES string of the molecule is I.NC(=NCc1ccc(Oc2ccc(F)cc2)nc1)Nc1ccc2c(c1)CCC2. The number of hydrogen-bond donors (Lipinski definition) is 2. The van der Waals surface area contributed by atoms with Crippen LogP contribution in [0.3, 0.4) is 0 Å². The van der Waals surface area contributed by atoms with Crippen LogP contribution >= 0.6 is 24.0 Å². The molecule has 3 aromatic rings. The third-order valence-corrected chi connectivity index (χ3v) is 4.64. The lowest BCUT2D eigenvalue weighted by atomic mass is 10.1. The summed E-state index contributed by atoms with van der Waals surface area (Å²) in [4.78, 5) is 8.62. The van der Waals surface area contributed by atoms with E-state index in [1.54, 1.807) is 24.4 Å². The number of aliphatic imine (C=N–C) groups is 1. The molecule has 2 aromatic carbocycles. The molecule has 7 heteroatoms. The molecule has 0 saturated heterocycles. The number of benzene rings is 2. The maximum Gasteiger partial charge on any atom is 0.219 e. The number of anilines is 1. The number of aryl methyl sites for hydroxylation is 2. The van der Waals surface area contributed by atoms with Crippen LogP contribution in [-0.4, -0.2) is 10.9 Å². The average molecular weight is 504 g/mol. The fourth-order valence-electron chi connectivity index (χ4n) is 3.20. The van der Waals surface area contributed by atoms with Crippen molar-refractivity contribution < 1.29 is 9.13 Å². The number of guanidine groups is 1. The van der Waals surface area contributed by atoms with Gasteiger partial charge in [0.1, 0.15) is 11.6 Å². The van der Waals surface area contributed by atoms with Gasteiger partial charge in [-0.1, -0.05) is 12.1 Å². The number of fused-ring (bicyclic) bond motifs is 1. The molecule has 0 spiro atoms. The first-order chi connectivity index (χ1) is 13.7. The second kappa shape index (κ2) is 9.69. The predicted octanol–water partition coefficient (Wildman–Crippen LogP) is 5.05. The average Bonchev–Trinajstić information content (AvgIpc) is 3.17. The van der Waals surface area contributed by atoms with Crippen LogP contribution in [0.1, 0.15) is 23.1 Å². The van der Waals surface area contributed by atoms with Gasteiger partial charge >= 0.3 is 0 Å². The van der Waals surface area contributed by atoms with Crippen LogP contribution in [0.4, 0.5) is 10.1 Å². The topological polar surface area (TPSA) is 72.5 Å². The largest absolute Gasteiger partial charge is 0.439 e. The maximum absolute atomic E-state index is 12.9. The van der Waals surface area contributed by atoms with E-state index in [-0.39, 0.29) is 29.8 Å². The van der Waals surface area contributed by atoms with Gasteiger partial charge < -0.3 is 15.8 Å². The third kappa shape index (κ3) is 5.66. The number of aromatic nitrogens is 1. The van der Waals surface area contributed by atoms with Crippen molar-refractivity contribution in [3.63, 3.8) is 0 Å². The van der Waals surface area contributed by atoms with Gasteiger partial charge in [0.25, 0.3) is 0 Å². The zero-order chi connectivity index (χ0) is 19.3. The Labute approximate surface area is 186 Å². The van der Waals surface area contributed by atoms with E-state index in [2.05, 4.69) is 27.4 Å². The summed E-state index contributed by atoms with van der Waals surface area (Å²) in [5.74, 6) is 1.02. The number of halogens is 2. The highest BCUT2D eigenvalue weighted by Gasteiger charge is 2.10. The zero-order valence-corrected chi connectivity index (χ0v) is 18.1. The molecule has 29 heavy (non-hydrogen) atoms. The summed E-state index contributed by atoms with van der Waals surface area (Å²) < 4.78 is 18.5. The molecule has 1 aliphatic rings. The Kier molecular flexibility index (Phi) is 7.03.